The zero-order valence-corrected chi connectivity index (χ0v) is 17.5. The molecule has 1 heterocycles. The fourth-order valence-electron chi connectivity index (χ4n) is 3.38. The average molecular weight is 428 g/mol. The lowest BCUT2D eigenvalue weighted by molar-refractivity contribution is -0.143. The minimum atomic E-state index is -0.997. The number of carbonyl (C=O) groups is 3. The first-order valence-electron chi connectivity index (χ1n) is 9.71. The minimum absolute atomic E-state index is 0. The lowest BCUT2D eigenvalue weighted by Gasteiger charge is -2.27. The molecule has 9 heteroatoms. The molecular formula is C20H30ClN3O5. The number of carboxylic acid groups (broad SMARTS) is 1. The van der Waals surface area contributed by atoms with Gasteiger partial charge in [-0.05, 0) is 50.8 Å². The van der Waals surface area contributed by atoms with E-state index in [2.05, 4.69) is 5.32 Å². The highest BCUT2D eigenvalue weighted by Crippen LogP contribution is 2.27. The lowest BCUT2D eigenvalue weighted by Crippen LogP contribution is -2.52. The summed E-state index contributed by atoms with van der Waals surface area (Å²) in [4.78, 5) is 38.3. The van der Waals surface area contributed by atoms with E-state index in [1.165, 1.54) is 4.90 Å². The van der Waals surface area contributed by atoms with Crippen LogP contribution in [0.1, 0.15) is 38.2 Å². The van der Waals surface area contributed by atoms with Crippen molar-refractivity contribution in [2.45, 2.75) is 51.1 Å². The topological polar surface area (TPSA) is 122 Å². The zero-order chi connectivity index (χ0) is 20.5. The number of rotatable bonds is 10. The van der Waals surface area contributed by atoms with E-state index in [1.54, 1.807) is 13.0 Å². The second kappa shape index (κ2) is 12.4. The summed E-state index contributed by atoms with van der Waals surface area (Å²) in [7, 11) is 0. The van der Waals surface area contributed by atoms with Crippen molar-refractivity contribution in [2.75, 3.05) is 24.6 Å². The Kier molecular flexibility index (Phi) is 10.6. The van der Waals surface area contributed by atoms with E-state index in [-0.39, 0.29) is 31.5 Å². The number of amides is 1. The predicted octanol–water partition coefficient (Wildman–Crippen LogP) is 1.49. The number of carbonyl (C=O) groups excluding carboxylic acids is 2. The Balaban J connectivity index is 0.00000420. The third-order valence-corrected chi connectivity index (χ3v) is 4.79. The van der Waals surface area contributed by atoms with Gasteiger partial charge in [-0.3, -0.25) is 24.6 Å². The molecule has 1 aromatic carbocycles. The first kappa shape index (κ1) is 24.9. The lowest BCUT2D eigenvalue weighted by atomic mass is 10.0. The van der Waals surface area contributed by atoms with E-state index in [4.69, 9.17) is 10.5 Å². The van der Waals surface area contributed by atoms with Crippen LogP contribution in [-0.2, 0) is 25.5 Å². The number of anilines is 1. The summed E-state index contributed by atoms with van der Waals surface area (Å²) in [5, 5.41) is 12.5. The maximum atomic E-state index is 13.2. The summed E-state index contributed by atoms with van der Waals surface area (Å²) in [6.07, 6.45) is 2.84. The molecule has 8 nitrogen and oxygen atoms in total. The molecule has 1 amide bonds. The average Bonchev–Trinajstić information content (AvgIpc) is 2.79. The minimum Gasteiger partial charge on any atom is -0.480 e. The molecule has 29 heavy (non-hydrogen) atoms. The molecule has 0 aromatic heterocycles. The molecule has 0 spiro atoms. The second-order valence-corrected chi connectivity index (χ2v) is 6.79. The number of para-hydroxylation sites is 1. The van der Waals surface area contributed by atoms with Gasteiger partial charge in [-0.2, -0.15) is 0 Å². The van der Waals surface area contributed by atoms with Crippen molar-refractivity contribution in [1.29, 1.82) is 0 Å². The van der Waals surface area contributed by atoms with E-state index < -0.39 is 24.0 Å². The molecule has 0 saturated heterocycles. The number of halogens is 1. The zero-order valence-electron chi connectivity index (χ0n) is 16.6. The Bertz CT molecular complexity index is 700. The monoisotopic (exact) mass is 427 g/mol. The Morgan fingerprint density at radius 2 is 2.07 bits per heavy atom. The standard InChI is InChI=1S/C20H29N3O5.ClH/c1-2-28-18(24)13-23-17-9-4-3-7-14(17)10-11-15(19(23)25)22-16(20(26)27)8-5-6-12-21;/h3-4,7,9,15-16,22H,2,5-6,8,10-13,21H2,1H3,(H,26,27);1H/t15-,16-;/m0./s1. The fourth-order valence-corrected chi connectivity index (χ4v) is 3.38. The van der Waals surface area contributed by atoms with Gasteiger partial charge in [0, 0.05) is 5.69 Å². The van der Waals surface area contributed by atoms with Crippen molar-refractivity contribution < 1.29 is 24.2 Å². The van der Waals surface area contributed by atoms with Crippen LogP contribution in [0, 0.1) is 0 Å². The van der Waals surface area contributed by atoms with Crippen LogP contribution >= 0.6 is 12.4 Å². The first-order chi connectivity index (χ1) is 13.5. The number of unbranched alkanes of at least 4 members (excludes halogenated alkanes) is 1. The second-order valence-electron chi connectivity index (χ2n) is 6.79. The van der Waals surface area contributed by atoms with Crippen LogP contribution in [0.25, 0.3) is 0 Å². The highest BCUT2D eigenvalue weighted by atomic mass is 35.5. The summed E-state index contributed by atoms with van der Waals surface area (Å²) in [5.74, 6) is -1.81. The molecular weight excluding hydrogens is 398 g/mol. The van der Waals surface area contributed by atoms with E-state index >= 15 is 0 Å². The maximum Gasteiger partial charge on any atom is 0.326 e. The molecule has 1 aromatic rings. The molecule has 1 aliphatic rings. The van der Waals surface area contributed by atoms with E-state index in [0.717, 1.165) is 12.0 Å². The Morgan fingerprint density at radius 3 is 2.72 bits per heavy atom. The van der Waals surface area contributed by atoms with Crippen LogP contribution in [0.5, 0.6) is 0 Å². The van der Waals surface area contributed by atoms with Crippen molar-refractivity contribution >= 4 is 35.9 Å². The summed E-state index contributed by atoms with van der Waals surface area (Å²) in [6.45, 7) is 2.23. The number of esters is 1. The Morgan fingerprint density at radius 1 is 1.34 bits per heavy atom. The number of fused-ring (bicyclic) bond motifs is 1. The molecule has 0 fully saturated rings. The Hall–Kier alpha value is -2.16. The van der Waals surface area contributed by atoms with Crippen LogP contribution in [0.4, 0.5) is 5.69 Å². The van der Waals surface area contributed by atoms with E-state index in [0.29, 0.717) is 37.9 Å². The quantitative estimate of drug-likeness (QED) is 0.382. The number of benzene rings is 1. The van der Waals surface area contributed by atoms with Crippen molar-refractivity contribution in [3.63, 3.8) is 0 Å². The number of ether oxygens (including phenoxy) is 1. The number of carboxylic acids is 1. The van der Waals surface area contributed by atoms with Crippen molar-refractivity contribution in [2.24, 2.45) is 5.73 Å². The van der Waals surface area contributed by atoms with Gasteiger partial charge in [0.05, 0.1) is 12.6 Å². The van der Waals surface area contributed by atoms with Crippen molar-refractivity contribution in [3.8, 4) is 0 Å². The van der Waals surface area contributed by atoms with Gasteiger partial charge in [0.25, 0.3) is 0 Å². The summed E-state index contributed by atoms with van der Waals surface area (Å²) >= 11 is 0. The van der Waals surface area contributed by atoms with Crippen LogP contribution < -0.4 is 16.0 Å². The molecule has 0 saturated carbocycles. The van der Waals surface area contributed by atoms with Gasteiger partial charge in [0.2, 0.25) is 5.91 Å². The first-order valence-corrected chi connectivity index (χ1v) is 9.71. The maximum absolute atomic E-state index is 13.2. The SMILES string of the molecule is CCOC(=O)CN1C(=O)[C@@H](N[C@@H](CCCCN)C(=O)O)CCc2ccccc21.Cl. The molecule has 0 bridgehead atoms. The van der Waals surface area contributed by atoms with Crippen LogP contribution in [0.3, 0.4) is 0 Å². The van der Waals surface area contributed by atoms with Gasteiger partial charge in [-0.15, -0.1) is 12.4 Å². The fraction of sp³-hybridized carbons (Fsp3) is 0.550. The highest BCUT2D eigenvalue weighted by Gasteiger charge is 2.34. The van der Waals surface area contributed by atoms with Crippen molar-refractivity contribution in [1.82, 2.24) is 5.32 Å². The van der Waals surface area contributed by atoms with Gasteiger partial charge >= 0.3 is 11.9 Å². The number of nitrogens with zero attached hydrogens (tertiary/aromatic N) is 1. The highest BCUT2D eigenvalue weighted by molar-refractivity contribution is 6.02. The van der Waals surface area contributed by atoms with E-state index in [1.807, 2.05) is 18.2 Å². The molecule has 1 aliphatic heterocycles. The van der Waals surface area contributed by atoms with E-state index in [9.17, 15) is 19.5 Å². The molecule has 2 atom stereocenters. The molecule has 0 unspecified atom stereocenters. The molecule has 0 radical (unpaired) electrons. The van der Waals surface area contributed by atoms with Gasteiger partial charge in [0.1, 0.15) is 12.6 Å². The molecule has 162 valence electrons. The molecule has 4 N–H and O–H groups in total. The van der Waals surface area contributed by atoms with Gasteiger partial charge in [-0.25, -0.2) is 0 Å². The van der Waals surface area contributed by atoms with Crippen LogP contribution in [0.15, 0.2) is 24.3 Å². The smallest absolute Gasteiger partial charge is 0.326 e. The number of aliphatic carboxylic acids is 1. The summed E-state index contributed by atoms with van der Waals surface area (Å²) < 4.78 is 5.01. The number of nitrogens with one attached hydrogen (secondary N) is 1. The summed E-state index contributed by atoms with van der Waals surface area (Å²) in [6, 6.07) is 5.87. The van der Waals surface area contributed by atoms with Crippen LogP contribution in [0.2, 0.25) is 0 Å². The third-order valence-electron chi connectivity index (χ3n) is 4.79. The van der Waals surface area contributed by atoms with Gasteiger partial charge in [0.15, 0.2) is 0 Å². The number of hydrogen-bond donors (Lipinski definition) is 3. The molecule has 2 rings (SSSR count). The predicted molar refractivity (Wildman–Crippen MR) is 112 cm³/mol. The van der Waals surface area contributed by atoms with Gasteiger partial charge < -0.3 is 15.6 Å². The third kappa shape index (κ3) is 6.99. The Labute approximate surface area is 177 Å². The summed E-state index contributed by atoms with van der Waals surface area (Å²) in [5.41, 5.74) is 7.09. The molecule has 0 aliphatic carbocycles. The number of aryl methyl sites for hydroxylation is 1. The van der Waals surface area contributed by atoms with Crippen LogP contribution in [-0.4, -0.2) is 54.7 Å². The van der Waals surface area contributed by atoms with Gasteiger partial charge in [-0.1, -0.05) is 24.6 Å². The normalized spacial score (nSPS) is 17.0. The van der Waals surface area contributed by atoms with Crippen molar-refractivity contribution in [3.05, 3.63) is 29.8 Å². The number of nitrogens with two attached hydrogens (primary N) is 1. The number of hydrogen-bond acceptors (Lipinski definition) is 6. The largest absolute Gasteiger partial charge is 0.480 e.